The van der Waals surface area contributed by atoms with Crippen molar-refractivity contribution >= 4 is 17.3 Å². The highest BCUT2D eigenvalue weighted by atomic mass is 35.5. The second-order valence-electron chi connectivity index (χ2n) is 2.83. The van der Waals surface area contributed by atoms with Gasteiger partial charge >= 0.3 is 5.69 Å². The van der Waals surface area contributed by atoms with Gasteiger partial charge in [-0.2, -0.15) is 0 Å². The molecule has 6 heteroatoms. The average Bonchev–Trinajstić information content (AvgIpc) is 2.17. The van der Waals surface area contributed by atoms with Gasteiger partial charge in [-0.3, -0.25) is 10.1 Å². The number of nitro benzene ring substituents is 1. The van der Waals surface area contributed by atoms with Crippen LogP contribution in [0.2, 0.25) is 5.02 Å². The van der Waals surface area contributed by atoms with Gasteiger partial charge in [-0.1, -0.05) is 11.6 Å². The summed E-state index contributed by atoms with van der Waals surface area (Å²) in [7, 11) is 2.81. The van der Waals surface area contributed by atoms with Crippen LogP contribution in [0.3, 0.4) is 0 Å². The highest BCUT2D eigenvalue weighted by Crippen LogP contribution is 2.41. The normalized spacial score (nSPS) is 9.87. The lowest BCUT2D eigenvalue weighted by molar-refractivity contribution is -0.385. The van der Waals surface area contributed by atoms with Gasteiger partial charge in [0.25, 0.3) is 0 Å². The number of benzene rings is 1. The fraction of sp³-hybridized carbons (Fsp3) is 0.333. The molecule has 0 bridgehead atoms. The Balaban J connectivity index is 3.51. The number of hydrogen-bond acceptors (Lipinski definition) is 4. The van der Waals surface area contributed by atoms with Crippen molar-refractivity contribution in [2.24, 2.45) is 0 Å². The molecule has 15 heavy (non-hydrogen) atoms. The number of nitrogens with zero attached hydrogens (tertiary/aromatic N) is 1. The van der Waals surface area contributed by atoms with Gasteiger partial charge in [0, 0.05) is 11.6 Å². The lowest BCUT2D eigenvalue weighted by Gasteiger charge is -2.11. The summed E-state index contributed by atoms with van der Waals surface area (Å²) in [5, 5.41) is 10.9. The van der Waals surface area contributed by atoms with Crippen LogP contribution in [0.5, 0.6) is 11.5 Å². The molecule has 0 aromatic heterocycles. The lowest BCUT2D eigenvalue weighted by Crippen LogP contribution is -1.99. The first-order valence-corrected chi connectivity index (χ1v) is 4.46. The zero-order valence-electron chi connectivity index (χ0n) is 8.54. The minimum atomic E-state index is -0.544. The average molecular weight is 232 g/mol. The van der Waals surface area contributed by atoms with Crippen LogP contribution in [-0.4, -0.2) is 19.1 Å². The minimum Gasteiger partial charge on any atom is -0.495 e. The maximum Gasteiger partial charge on any atom is 0.312 e. The number of nitro groups is 1. The monoisotopic (exact) mass is 231 g/mol. The zero-order chi connectivity index (χ0) is 11.6. The van der Waals surface area contributed by atoms with Crippen molar-refractivity contribution in [3.8, 4) is 11.5 Å². The molecule has 0 aliphatic carbocycles. The van der Waals surface area contributed by atoms with Gasteiger partial charge in [0.15, 0.2) is 0 Å². The molecule has 0 aliphatic rings. The summed E-state index contributed by atoms with van der Waals surface area (Å²) in [4.78, 5) is 10.2. The summed E-state index contributed by atoms with van der Waals surface area (Å²) in [6.07, 6.45) is 0. The number of hydrogen-bond donors (Lipinski definition) is 0. The highest BCUT2D eigenvalue weighted by Gasteiger charge is 2.22. The second kappa shape index (κ2) is 4.35. The standard InChI is InChI=1S/C9H10ClNO4/c1-5-8(14-2)6(10)4-7(11(12)13)9(5)15-3/h4H,1-3H3. The molecule has 1 aromatic rings. The van der Waals surface area contributed by atoms with E-state index in [-0.39, 0.29) is 16.5 Å². The first-order valence-electron chi connectivity index (χ1n) is 4.08. The number of halogens is 1. The van der Waals surface area contributed by atoms with Crippen molar-refractivity contribution in [1.29, 1.82) is 0 Å². The third kappa shape index (κ3) is 1.97. The van der Waals surface area contributed by atoms with Crippen molar-refractivity contribution in [3.05, 3.63) is 26.8 Å². The van der Waals surface area contributed by atoms with E-state index in [1.807, 2.05) is 0 Å². The van der Waals surface area contributed by atoms with Crippen LogP contribution in [0.4, 0.5) is 5.69 Å². The van der Waals surface area contributed by atoms with Crippen LogP contribution in [0.15, 0.2) is 6.07 Å². The summed E-state index contributed by atoms with van der Waals surface area (Å²) in [6, 6.07) is 1.21. The van der Waals surface area contributed by atoms with Crippen molar-refractivity contribution in [2.45, 2.75) is 6.92 Å². The zero-order valence-corrected chi connectivity index (χ0v) is 9.29. The van der Waals surface area contributed by atoms with E-state index in [0.717, 1.165) is 0 Å². The number of rotatable bonds is 3. The Hall–Kier alpha value is -1.49. The van der Waals surface area contributed by atoms with Gasteiger partial charge in [0.2, 0.25) is 5.75 Å². The smallest absolute Gasteiger partial charge is 0.312 e. The molecule has 1 aromatic carbocycles. The minimum absolute atomic E-state index is 0.166. The third-order valence-corrected chi connectivity index (χ3v) is 2.28. The summed E-state index contributed by atoms with van der Waals surface area (Å²) < 4.78 is 9.97. The molecular formula is C9H10ClNO4. The van der Waals surface area contributed by atoms with E-state index >= 15 is 0 Å². The van der Waals surface area contributed by atoms with E-state index < -0.39 is 4.92 Å². The van der Waals surface area contributed by atoms with Crippen molar-refractivity contribution in [2.75, 3.05) is 14.2 Å². The molecule has 0 spiro atoms. The van der Waals surface area contributed by atoms with E-state index in [0.29, 0.717) is 11.3 Å². The summed E-state index contributed by atoms with van der Waals surface area (Å²) in [6.45, 7) is 1.65. The molecule has 0 saturated heterocycles. The van der Waals surface area contributed by atoms with Gasteiger partial charge in [-0.15, -0.1) is 0 Å². The predicted octanol–water partition coefficient (Wildman–Crippen LogP) is 2.57. The largest absolute Gasteiger partial charge is 0.495 e. The molecule has 0 fully saturated rings. The molecule has 0 saturated carbocycles. The van der Waals surface area contributed by atoms with Gasteiger partial charge in [0.05, 0.1) is 24.2 Å². The van der Waals surface area contributed by atoms with E-state index in [1.54, 1.807) is 6.92 Å². The van der Waals surface area contributed by atoms with Gasteiger partial charge < -0.3 is 9.47 Å². The molecule has 0 heterocycles. The Morgan fingerprint density at radius 1 is 1.33 bits per heavy atom. The van der Waals surface area contributed by atoms with Crippen LogP contribution in [-0.2, 0) is 0 Å². The molecule has 1 rings (SSSR count). The molecule has 0 radical (unpaired) electrons. The molecule has 0 amide bonds. The van der Waals surface area contributed by atoms with Crippen molar-refractivity contribution < 1.29 is 14.4 Å². The van der Waals surface area contributed by atoms with Crippen LogP contribution in [0.1, 0.15) is 5.56 Å². The lowest BCUT2D eigenvalue weighted by atomic mass is 10.1. The Morgan fingerprint density at radius 3 is 2.27 bits per heavy atom. The van der Waals surface area contributed by atoms with Crippen molar-refractivity contribution in [1.82, 2.24) is 0 Å². The molecule has 0 N–H and O–H groups in total. The third-order valence-electron chi connectivity index (χ3n) is 2.00. The molecule has 0 atom stereocenters. The second-order valence-corrected chi connectivity index (χ2v) is 3.23. The Kier molecular flexibility index (Phi) is 3.36. The molecule has 0 unspecified atom stereocenters. The van der Waals surface area contributed by atoms with Crippen molar-refractivity contribution in [3.63, 3.8) is 0 Å². The van der Waals surface area contributed by atoms with Crippen LogP contribution in [0.25, 0.3) is 0 Å². The molecule has 0 aliphatic heterocycles. The fourth-order valence-electron chi connectivity index (χ4n) is 1.37. The van der Waals surface area contributed by atoms with Crippen LogP contribution in [0, 0.1) is 17.0 Å². The van der Waals surface area contributed by atoms with E-state index in [4.69, 9.17) is 21.1 Å². The highest BCUT2D eigenvalue weighted by molar-refractivity contribution is 6.32. The fourth-order valence-corrected chi connectivity index (χ4v) is 1.69. The topological polar surface area (TPSA) is 61.6 Å². The first-order chi connectivity index (χ1) is 7.02. The summed E-state index contributed by atoms with van der Waals surface area (Å²) in [5.74, 6) is 0.556. The first kappa shape index (κ1) is 11.6. The molecule has 82 valence electrons. The predicted molar refractivity (Wildman–Crippen MR) is 55.9 cm³/mol. The van der Waals surface area contributed by atoms with Crippen LogP contribution < -0.4 is 9.47 Å². The Labute approximate surface area is 91.7 Å². The number of methoxy groups -OCH3 is 2. The van der Waals surface area contributed by atoms with Gasteiger partial charge in [-0.05, 0) is 6.92 Å². The maximum absolute atomic E-state index is 10.7. The number of ether oxygens (including phenoxy) is 2. The molecular weight excluding hydrogens is 222 g/mol. The Morgan fingerprint density at radius 2 is 1.87 bits per heavy atom. The van der Waals surface area contributed by atoms with Crippen LogP contribution >= 0.6 is 11.6 Å². The molecule has 5 nitrogen and oxygen atoms in total. The quantitative estimate of drug-likeness (QED) is 0.593. The van der Waals surface area contributed by atoms with Gasteiger partial charge in [-0.25, -0.2) is 0 Å². The summed E-state index contributed by atoms with van der Waals surface area (Å²) >= 11 is 5.82. The summed E-state index contributed by atoms with van der Waals surface area (Å²) in [5.41, 5.74) is 0.347. The van der Waals surface area contributed by atoms with E-state index in [1.165, 1.54) is 20.3 Å². The SMILES string of the molecule is COc1c(Cl)cc([N+](=O)[O-])c(OC)c1C. The maximum atomic E-state index is 10.7. The Bertz CT molecular complexity index is 406. The van der Waals surface area contributed by atoms with E-state index in [2.05, 4.69) is 0 Å². The van der Waals surface area contributed by atoms with Gasteiger partial charge in [0.1, 0.15) is 5.75 Å². The van der Waals surface area contributed by atoms with E-state index in [9.17, 15) is 10.1 Å².